The van der Waals surface area contributed by atoms with Crippen LogP contribution < -0.4 is 10.9 Å². The second-order valence-electron chi connectivity index (χ2n) is 10.7. The zero-order valence-electron chi connectivity index (χ0n) is 25.0. The van der Waals surface area contributed by atoms with E-state index in [0.717, 1.165) is 16.7 Å². The highest BCUT2D eigenvalue weighted by atomic mass is 32.2. The number of carbonyl (C=O) groups excluding carboxylic acids is 2. The molecule has 0 unspecified atom stereocenters. The first kappa shape index (κ1) is 34.2. The van der Waals surface area contributed by atoms with Gasteiger partial charge in [-0.05, 0) is 70.8 Å². The molecule has 5 N–H and O–H groups in total. The number of hydrogen-bond acceptors (Lipinski definition) is 12. The van der Waals surface area contributed by atoms with Crippen LogP contribution in [0.1, 0.15) is 27.0 Å². The van der Waals surface area contributed by atoms with Crippen molar-refractivity contribution in [2.45, 2.75) is 9.79 Å². The average molecular weight is 735 g/mol. The van der Waals surface area contributed by atoms with Crippen LogP contribution in [0, 0.1) is 0 Å². The molecule has 0 saturated heterocycles. The Morgan fingerprint density at radius 2 is 1.14 bits per heavy atom. The van der Waals surface area contributed by atoms with Gasteiger partial charge >= 0.3 is 0 Å². The summed E-state index contributed by atoms with van der Waals surface area (Å²) in [7, 11) is -15.6. The second kappa shape index (κ2) is 12.7. The molecule has 15 nitrogen and oxygen atoms in total. The Labute approximate surface area is 284 Å². The Kier molecular flexibility index (Phi) is 8.68. The molecule has 0 fully saturated rings. The zero-order chi connectivity index (χ0) is 36.0. The molecule has 254 valence electrons. The third-order valence-electron chi connectivity index (χ3n) is 7.48. The summed E-state index contributed by atoms with van der Waals surface area (Å²) in [6, 6.07) is 21.8. The third-order valence-corrected chi connectivity index (χ3v) is 10.1. The van der Waals surface area contributed by atoms with Crippen molar-refractivity contribution < 1.29 is 48.5 Å². The Hall–Kier alpha value is -5.63. The van der Waals surface area contributed by atoms with Crippen LogP contribution >= 0.6 is 0 Å². The highest BCUT2D eigenvalue weighted by molar-refractivity contribution is 7.91. The molecule has 0 radical (unpaired) electrons. The minimum atomic E-state index is -5.30. The number of rotatable bonds is 8. The van der Waals surface area contributed by atoms with E-state index in [1.165, 1.54) is 18.2 Å². The summed E-state index contributed by atoms with van der Waals surface area (Å²) >= 11 is 0. The highest BCUT2D eigenvalue weighted by Gasteiger charge is 2.38. The van der Waals surface area contributed by atoms with Crippen molar-refractivity contribution >= 4 is 76.9 Å². The molecule has 2 aliphatic rings. The summed E-state index contributed by atoms with van der Waals surface area (Å²) in [6.45, 7) is 0. The van der Waals surface area contributed by atoms with Gasteiger partial charge in [0, 0.05) is 5.56 Å². The SMILES string of the molecule is O=C1C=Cc2ccccc2C1=NNc1ccc(-c2ccc(NN=C3C(=O)c4c(cc(S(=O)(=O)O)cc4S(=O)(=O)O)C=C3S(=O)(=O)O)cc2)cc1. The standard InChI is InChI=1S/C32H22N4O11S3/c37-26-14-9-20-3-1-2-4-25(20)30(26)35-33-22-10-5-18(6-11-22)19-7-12-23(13-8-19)34-36-31-28(50(45,46)47)16-21-15-24(48(39,40)41)17-27(49(42,43)44)29(21)32(31)38/h1-17,33-34H,(H,39,40,41)(H,42,43,44)(H,45,46,47). The Bertz CT molecular complexity index is 2580. The summed E-state index contributed by atoms with van der Waals surface area (Å²) in [5, 5.41) is 8.09. The number of nitrogens with one attached hydrogen (secondary N) is 2. The normalized spacial score (nSPS) is 16.2. The zero-order valence-corrected chi connectivity index (χ0v) is 27.5. The van der Waals surface area contributed by atoms with Crippen molar-refractivity contribution in [3.63, 3.8) is 0 Å². The third kappa shape index (κ3) is 6.92. The van der Waals surface area contributed by atoms with Crippen LogP contribution in [0.5, 0.6) is 0 Å². The molecule has 0 amide bonds. The van der Waals surface area contributed by atoms with E-state index in [2.05, 4.69) is 21.1 Å². The van der Waals surface area contributed by atoms with Crippen LogP contribution in [-0.4, -0.2) is 61.9 Å². The second-order valence-corrected chi connectivity index (χ2v) is 14.9. The number of Topliss-reactive ketones (excluding diaryl/α,β-unsaturated/α-hetero) is 1. The summed E-state index contributed by atoms with van der Waals surface area (Å²) < 4.78 is 101. The Morgan fingerprint density at radius 1 is 0.580 bits per heavy atom. The van der Waals surface area contributed by atoms with E-state index >= 15 is 0 Å². The topological polar surface area (TPSA) is 246 Å². The summed E-state index contributed by atoms with van der Waals surface area (Å²) in [4.78, 5) is 22.4. The lowest BCUT2D eigenvalue weighted by Crippen LogP contribution is -2.29. The van der Waals surface area contributed by atoms with Gasteiger partial charge < -0.3 is 0 Å². The number of fused-ring (bicyclic) bond motifs is 2. The van der Waals surface area contributed by atoms with E-state index in [-0.39, 0.29) is 17.2 Å². The molecule has 0 atom stereocenters. The molecule has 6 rings (SSSR count). The number of anilines is 2. The molecule has 4 aromatic carbocycles. The molecule has 0 aliphatic heterocycles. The van der Waals surface area contributed by atoms with Gasteiger partial charge in [-0.3, -0.25) is 34.1 Å². The summed E-state index contributed by atoms with van der Waals surface area (Å²) in [5.74, 6) is -1.63. The van der Waals surface area contributed by atoms with Gasteiger partial charge in [0.15, 0.2) is 5.71 Å². The van der Waals surface area contributed by atoms with Crippen molar-refractivity contribution in [1.29, 1.82) is 0 Å². The lowest BCUT2D eigenvalue weighted by Gasteiger charge is -2.19. The molecule has 0 bridgehead atoms. The van der Waals surface area contributed by atoms with Crippen molar-refractivity contribution in [2.75, 3.05) is 10.9 Å². The number of nitrogens with zero attached hydrogens (tertiary/aromatic N) is 2. The number of hydrazone groups is 2. The molecule has 2 aliphatic carbocycles. The van der Waals surface area contributed by atoms with Crippen LogP contribution in [0.4, 0.5) is 11.4 Å². The predicted molar refractivity (Wildman–Crippen MR) is 184 cm³/mol. The first-order valence-corrected chi connectivity index (χ1v) is 18.4. The number of ketones is 2. The summed E-state index contributed by atoms with van der Waals surface area (Å²) in [5.41, 5.74) is 7.11. The van der Waals surface area contributed by atoms with Crippen LogP contribution in [0.15, 0.2) is 116 Å². The van der Waals surface area contributed by atoms with Crippen molar-refractivity contribution in [2.24, 2.45) is 10.2 Å². The fourth-order valence-electron chi connectivity index (χ4n) is 5.13. The summed E-state index contributed by atoms with van der Waals surface area (Å²) in [6.07, 6.45) is 3.76. The van der Waals surface area contributed by atoms with Crippen LogP contribution in [0.3, 0.4) is 0 Å². The van der Waals surface area contributed by atoms with Gasteiger partial charge in [0.1, 0.15) is 15.5 Å². The van der Waals surface area contributed by atoms with Gasteiger partial charge in [-0.15, -0.1) is 0 Å². The lowest BCUT2D eigenvalue weighted by atomic mass is 9.94. The van der Waals surface area contributed by atoms with Gasteiger partial charge in [-0.2, -0.15) is 35.5 Å². The van der Waals surface area contributed by atoms with Crippen LogP contribution in [-0.2, 0) is 35.1 Å². The first-order chi connectivity index (χ1) is 23.5. The minimum Gasteiger partial charge on any atom is -0.287 e. The van der Waals surface area contributed by atoms with E-state index in [4.69, 9.17) is 0 Å². The largest absolute Gasteiger partial charge is 0.296 e. The molecular formula is C32H22N4O11S3. The van der Waals surface area contributed by atoms with Crippen LogP contribution in [0.25, 0.3) is 23.3 Å². The minimum absolute atomic E-state index is 0.229. The van der Waals surface area contributed by atoms with E-state index in [9.17, 15) is 48.5 Å². The van der Waals surface area contributed by atoms with Gasteiger partial charge in [0.05, 0.1) is 21.8 Å². The molecule has 4 aromatic rings. The van der Waals surface area contributed by atoms with E-state index in [0.29, 0.717) is 29.5 Å². The molecular weight excluding hydrogens is 713 g/mol. The lowest BCUT2D eigenvalue weighted by molar-refractivity contribution is -0.108. The van der Waals surface area contributed by atoms with E-state index in [1.807, 2.05) is 24.3 Å². The van der Waals surface area contributed by atoms with Gasteiger partial charge in [0.25, 0.3) is 30.4 Å². The molecule has 0 heterocycles. The predicted octanol–water partition coefficient (Wildman–Crippen LogP) is 4.15. The highest BCUT2D eigenvalue weighted by Crippen LogP contribution is 2.33. The van der Waals surface area contributed by atoms with E-state index in [1.54, 1.807) is 42.5 Å². The van der Waals surface area contributed by atoms with E-state index < -0.39 is 67.7 Å². The maximum Gasteiger partial charge on any atom is 0.296 e. The number of hydrogen-bond donors (Lipinski definition) is 5. The van der Waals surface area contributed by atoms with Crippen molar-refractivity contribution in [3.8, 4) is 11.1 Å². The quantitative estimate of drug-likeness (QED) is 0.126. The fraction of sp³-hybridized carbons (Fsp3) is 0. The maximum atomic E-state index is 13.4. The average Bonchev–Trinajstić information content (AvgIpc) is 3.06. The number of allylic oxidation sites excluding steroid dienone is 2. The molecule has 18 heteroatoms. The smallest absolute Gasteiger partial charge is 0.287 e. The monoisotopic (exact) mass is 734 g/mol. The Morgan fingerprint density at radius 3 is 1.68 bits per heavy atom. The first-order valence-electron chi connectivity index (χ1n) is 14.1. The molecule has 0 spiro atoms. The van der Waals surface area contributed by atoms with Gasteiger partial charge in [-0.25, -0.2) is 0 Å². The number of benzene rings is 4. The van der Waals surface area contributed by atoms with Gasteiger partial charge in [-0.1, -0.05) is 54.6 Å². The van der Waals surface area contributed by atoms with Crippen LogP contribution in [0.2, 0.25) is 0 Å². The molecule has 50 heavy (non-hydrogen) atoms. The Balaban J connectivity index is 1.24. The number of carbonyl (C=O) groups is 2. The van der Waals surface area contributed by atoms with Gasteiger partial charge in [0.2, 0.25) is 11.6 Å². The van der Waals surface area contributed by atoms with Crippen molar-refractivity contribution in [3.05, 3.63) is 118 Å². The van der Waals surface area contributed by atoms with Crippen molar-refractivity contribution in [1.82, 2.24) is 0 Å². The molecule has 0 saturated carbocycles. The fourth-order valence-corrected chi connectivity index (χ4v) is 7.15. The molecule has 0 aromatic heterocycles. The maximum absolute atomic E-state index is 13.4.